The highest BCUT2D eigenvalue weighted by molar-refractivity contribution is 7.91. The SMILES string of the molecule is CC(C)(C(N)=S)N1CCN(C2CCS(=O)(=O)C2)CC1. The van der Waals surface area contributed by atoms with Gasteiger partial charge in [-0.3, -0.25) is 9.80 Å². The summed E-state index contributed by atoms with van der Waals surface area (Å²) >= 11 is 5.12. The summed E-state index contributed by atoms with van der Waals surface area (Å²) in [4.78, 5) is 5.11. The second kappa shape index (κ2) is 5.27. The predicted molar refractivity (Wildman–Crippen MR) is 81.1 cm³/mol. The van der Waals surface area contributed by atoms with Gasteiger partial charge < -0.3 is 5.73 Å². The molecule has 2 rings (SSSR count). The first-order valence-corrected chi connectivity index (χ1v) is 8.95. The van der Waals surface area contributed by atoms with Gasteiger partial charge in [0.1, 0.15) is 0 Å². The average Bonchev–Trinajstić information content (AvgIpc) is 2.69. The molecular formula is C12H23N3O2S2. The third-order valence-corrected chi connectivity index (χ3v) is 6.68. The van der Waals surface area contributed by atoms with Crippen LogP contribution in [0.2, 0.25) is 0 Å². The summed E-state index contributed by atoms with van der Waals surface area (Å²) in [6, 6.07) is 0.208. The minimum atomic E-state index is -2.80. The molecular weight excluding hydrogens is 282 g/mol. The minimum Gasteiger partial charge on any atom is -0.392 e. The van der Waals surface area contributed by atoms with Gasteiger partial charge in [0.05, 0.1) is 22.0 Å². The molecule has 0 aromatic carbocycles. The van der Waals surface area contributed by atoms with Crippen LogP contribution in [0.1, 0.15) is 20.3 Å². The maximum absolute atomic E-state index is 11.5. The van der Waals surface area contributed by atoms with Gasteiger partial charge in [0.25, 0.3) is 0 Å². The lowest BCUT2D eigenvalue weighted by Gasteiger charge is -2.44. The van der Waals surface area contributed by atoms with Crippen molar-refractivity contribution in [1.29, 1.82) is 0 Å². The summed E-state index contributed by atoms with van der Waals surface area (Å²) in [5.74, 6) is 0.669. The number of thiocarbonyl (C=S) groups is 1. The van der Waals surface area contributed by atoms with E-state index in [4.69, 9.17) is 18.0 Å². The van der Waals surface area contributed by atoms with Gasteiger partial charge in [-0.05, 0) is 20.3 Å². The van der Waals surface area contributed by atoms with Crippen LogP contribution in [-0.4, -0.2) is 72.5 Å². The van der Waals surface area contributed by atoms with E-state index in [2.05, 4.69) is 9.80 Å². The normalized spacial score (nSPS) is 29.5. The van der Waals surface area contributed by atoms with E-state index in [1.807, 2.05) is 13.8 Å². The number of piperazine rings is 1. The van der Waals surface area contributed by atoms with Crippen molar-refractivity contribution in [3.63, 3.8) is 0 Å². The quantitative estimate of drug-likeness (QED) is 0.732. The van der Waals surface area contributed by atoms with E-state index in [0.29, 0.717) is 16.5 Å². The molecule has 0 spiro atoms. The summed E-state index contributed by atoms with van der Waals surface area (Å²) < 4.78 is 23.1. The molecule has 2 heterocycles. The lowest BCUT2D eigenvalue weighted by Crippen LogP contribution is -2.60. The van der Waals surface area contributed by atoms with Crippen LogP contribution in [-0.2, 0) is 9.84 Å². The van der Waals surface area contributed by atoms with Crippen molar-refractivity contribution in [3.05, 3.63) is 0 Å². The third-order valence-electron chi connectivity index (χ3n) is 4.43. The van der Waals surface area contributed by atoms with E-state index in [0.717, 1.165) is 32.6 Å². The van der Waals surface area contributed by atoms with E-state index in [1.165, 1.54) is 0 Å². The molecule has 0 radical (unpaired) electrons. The Kier molecular flexibility index (Phi) is 4.21. The first kappa shape index (κ1) is 15.2. The molecule has 1 unspecified atom stereocenters. The van der Waals surface area contributed by atoms with E-state index >= 15 is 0 Å². The third kappa shape index (κ3) is 3.26. The first-order chi connectivity index (χ1) is 8.72. The predicted octanol–water partition coefficient (Wildman–Crippen LogP) is -0.144. The molecule has 0 saturated carbocycles. The molecule has 2 aliphatic rings. The molecule has 2 aliphatic heterocycles. The lowest BCUT2D eigenvalue weighted by molar-refractivity contribution is 0.0670. The fourth-order valence-electron chi connectivity index (χ4n) is 2.87. The number of rotatable bonds is 3. The molecule has 110 valence electrons. The second-order valence-corrected chi connectivity index (χ2v) is 8.67. The number of sulfone groups is 1. The van der Waals surface area contributed by atoms with Gasteiger partial charge >= 0.3 is 0 Å². The summed E-state index contributed by atoms with van der Waals surface area (Å²) in [7, 11) is -2.80. The highest BCUT2D eigenvalue weighted by Gasteiger charge is 2.37. The topological polar surface area (TPSA) is 66.6 Å². The Balaban J connectivity index is 1.92. The van der Waals surface area contributed by atoms with Crippen molar-refractivity contribution in [1.82, 2.24) is 9.80 Å². The summed E-state index contributed by atoms with van der Waals surface area (Å²) in [5.41, 5.74) is 5.53. The largest absolute Gasteiger partial charge is 0.392 e. The molecule has 0 aliphatic carbocycles. The Morgan fingerprint density at radius 1 is 1.26 bits per heavy atom. The van der Waals surface area contributed by atoms with E-state index in [-0.39, 0.29) is 11.6 Å². The Morgan fingerprint density at radius 2 is 1.84 bits per heavy atom. The van der Waals surface area contributed by atoms with Gasteiger partial charge in [0, 0.05) is 32.2 Å². The van der Waals surface area contributed by atoms with Gasteiger partial charge in [0.15, 0.2) is 9.84 Å². The highest BCUT2D eigenvalue weighted by atomic mass is 32.2. The highest BCUT2D eigenvalue weighted by Crippen LogP contribution is 2.22. The monoisotopic (exact) mass is 305 g/mol. The molecule has 7 heteroatoms. The molecule has 0 amide bonds. The van der Waals surface area contributed by atoms with Gasteiger partial charge in [-0.2, -0.15) is 0 Å². The van der Waals surface area contributed by atoms with Crippen molar-refractivity contribution in [2.24, 2.45) is 5.73 Å². The standard InChI is InChI=1S/C12H23N3O2S2/c1-12(2,11(13)18)15-6-4-14(5-7-15)10-3-8-19(16,17)9-10/h10H,3-9H2,1-2H3,(H2,13,18). The number of nitrogens with zero attached hydrogens (tertiary/aromatic N) is 2. The van der Waals surface area contributed by atoms with Crippen molar-refractivity contribution in [2.45, 2.75) is 31.8 Å². The van der Waals surface area contributed by atoms with Crippen molar-refractivity contribution in [2.75, 3.05) is 37.7 Å². The van der Waals surface area contributed by atoms with Crippen LogP contribution in [0, 0.1) is 0 Å². The summed E-state index contributed by atoms with van der Waals surface area (Å²) in [6.45, 7) is 7.66. The maximum atomic E-state index is 11.5. The molecule has 0 aromatic rings. The smallest absolute Gasteiger partial charge is 0.151 e. The minimum absolute atomic E-state index is 0.208. The molecule has 19 heavy (non-hydrogen) atoms. The molecule has 2 N–H and O–H groups in total. The van der Waals surface area contributed by atoms with Crippen molar-refractivity contribution < 1.29 is 8.42 Å². The summed E-state index contributed by atoms with van der Waals surface area (Å²) in [6.07, 6.45) is 0.779. The summed E-state index contributed by atoms with van der Waals surface area (Å²) in [5, 5.41) is 0. The van der Waals surface area contributed by atoms with Gasteiger partial charge in [-0.1, -0.05) is 12.2 Å². The first-order valence-electron chi connectivity index (χ1n) is 6.72. The molecule has 5 nitrogen and oxygen atoms in total. The Hall–Kier alpha value is -0.240. The van der Waals surface area contributed by atoms with E-state index in [9.17, 15) is 8.42 Å². The van der Waals surface area contributed by atoms with Crippen LogP contribution in [0.3, 0.4) is 0 Å². The molecule has 2 saturated heterocycles. The van der Waals surface area contributed by atoms with E-state index < -0.39 is 9.84 Å². The van der Waals surface area contributed by atoms with Crippen molar-refractivity contribution >= 4 is 27.0 Å². The maximum Gasteiger partial charge on any atom is 0.151 e. The van der Waals surface area contributed by atoms with E-state index in [1.54, 1.807) is 0 Å². The van der Waals surface area contributed by atoms with Crippen LogP contribution in [0.5, 0.6) is 0 Å². The van der Waals surface area contributed by atoms with Crippen LogP contribution < -0.4 is 5.73 Å². The second-order valence-electron chi connectivity index (χ2n) is 6.00. The van der Waals surface area contributed by atoms with Gasteiger partial charge in [0.2, 0.25) is 0 Å². The number of hydrogen-bond acceptors (Lipinski definition) is 5. The molecule has 1 atom stereocenters. The fraction of sp³-hybridized carbons (Fsp3) is 0.917. The zero-order valence-electron chi connectivity index (χ0n) is 11.6. The Morgan fingerprint density at radius 3 is 2.26 bits per heavy atom. The van der Waals surface area contributed by atoms with Gasteiger partial charge in [-0.15, -0.1) is 0 Å². The lowest BCUT2D eigenvalue weighted by atomic mass is 10.0. The van der Waals surface area contributed by atoms with Crippen LogP contribution in [0.25, 0.3) is 0 Å². The number of nitrogens with two attached hydrogens (primary N) is 1. The van der Waals surface area contributed by atoms with Crippen LogP contribution in [0.4, 0.5) is 0 Å². The van der Waals surface area contributed by atoms with Gasteiger partial charge in [-0.25, -0.2) is 8.42 Å². The Bertz CT molecular complexity index is 454. The fourth-order valence-corrected chi connectivity index (χ4v) is 4.76. The molecule has 2 fully saturated rings. The zero-order chi connectivity index (χ0) is 14.3. The van der Waals surface area contributed by atoms with Crippen LogP contribution >= 0.6 is 12.2 Å². The van der Waals surface area contributed by atoms with Crippen LogP contribution in [0.15, 0.2) is 0 Å². The molecule has 0 aromatic heterocycles. The molecule has 0 bridgehead atoms. The average molecular weight is 305 g/mol. The van der Waals surface area contributed by atoms with Crippen molar-refractivity contribution in [3.8, 4) is 0 Å². The number of hydrogen-bond donors (Lipinski definition) is 1. The zero-order valence-corrected chi connectivity index (χ0v) is 13.3. The Labute approximate surface area is 121 Å².